The van der Waals surface area contributed by atoms with Gasteiger partial charge in [0.25, 0.3) is 0 Å². The molecule has 16 nitrogen and oxygen atoms in total. The Hall–Kier alpha value is -3.34. The molecular weight excluding hydrogens is 472 g/mol. The van der Waals surface area contributed by atoms with E-state index in [1.165, 1.54) is 6.92 Å². The van der Waals surface area contributed by atoms with Crippen molar-refractivity contribution in [3.63, 3.8) is 0 Å². The second-order valence-electron chi connectivity index (χ2n) is 8.25. The van der Waals surface area contributed by atoms with Crippen LogP contribution in [0.3, 0.4) is 0 Å². The summed E-state index contributed by atoms with van der Waals surface area (Å²) in [6.45, 7) is 1.25. The molecule has 0 aromatic carbocycles. The van der Waals surface area contributed by atoms with Crippen LogP contribution in [0.1, 0.15) is 39.0 Å². The van der Waals surface area contributed by atoms with Crippen LogP contribution >= 0.6 is 0 Å². The molecule has 0 radical (unpaired) electrons. The molecular formula is C18H18O16. The fourth-order valence-corrected chi connectivity index (χ4v) is 4.07. The van der Waals surface area contributed by atoms with E-state index in [1.807, 2.05) is 0 Å². The van der Waals surface area contributed by atoms with Crippen LogP contribution < -0.4 is 0 Å². The summed E-state index contributed by atoms with van der Waals surface area (Å²) in [5, 5.41) is 43.5. The summed E-state index contributed by atoms with van der Waals surface area (Å²) in [5.41, 5.74) is -5.75. The summed E-state index contributed by atoms with van der Waals surface area (Å²) in [5.74, 6) is -21.6. The van der Waals surface area contributed by atoms with E-state index in [2.05, 4.69) is 9.47 Å². The minimum Gasteiger partial charge on any atom is -0.454 e. The minimum atomic E-state index is -4.14. The van der Waals surface area contributed by atoms with E-state index < -0.39 is 103 Å². The van der Waals surface area contributed by atoms with Crippen LogP contribution in [-0.2, 0) is 57.2 Å². The van der Waals surface area contributed by atoms with Gasteiger partial charge in [0.05, 0.1) is 25.7 Å². The van der Waals surface area contributed by atoms with Gasteiger partial charge in [-0.2, -0.15) is 0 Å². The number of carbonyl (C=O) groups excluding carboxylic acids is 6. The van der Waals surface area contributed by atoms with E-state index in [-0.39, 0.29) is 0 Å². The van der Waals surface area contributed by atoms with Crippen LogP contribution in [0.4, 0.5) is 0 Å². The lowest BCUT2D eigenvalue weighted by molar-refractivity contribution is -0.510. The van der Waals surface area contributed by atoms with Crippen molar-refractivity contribution in [3.8, 4) is 0 Å². The van der Waals surface area contributed by atoms with Gasteiger partial charge in [-0.25, -0.2) is 9.59 Å². The van der Waals surface area contributed by atoms with Gasteiger partial charge < -0.3 is 48.8 Å². The predicted molar refractivity (Wildman–Crippen MR) is 91.6 cm³/mol. The first-order valence-corrected chi connectivity index (χ1v) is 9.83. The van der Waals surface area contributed by atoms with E-state index in [0.717, 1.165) is 0 Å². The van der Waals surface area contributed by atoms with Crippen molar-refractivity contribution in [2.75, 3.05) is 0 Å². The van der Waals surface area contributed by atoms with Crippen LogP contribution in [0.2, 0.25) is 0 Å². The quantitative estimate of drug-likeness (QED) is 0.214. The zero-order chi connectivity index (χ0) is 25.3. The van der Waals surface area contributed by atoms with Gasteiger partial charge in [-0.1, -0.05) is 6.92 Å². The molecule has 4 fully saturated rings. The number of fused-ring (bicyclic) bond motifs is 6. The molecule has 186 valence electrons. The fourth-order valence-electron chi connectivity index (χ4n) is 4.07. The van der Waals surface area contributed by atoms with Crippen molar-refractivity contribution in [2.45, 2.75) is 73.9 Å². The molecule has 0 aliphatic carbocycles. The summed E-state index contributed by atoms with van der Waals surface area (Å²) in [7, 11) is 0. The molecule has 0 aromatic heterocycles. The van der Waals surface area contributed by atoms with Crippen molar-refractivity contribution in [1.29, 1.82) is 0 Å². The largest absolute Gasteiger partial charge is 0.454 e. The molecule has 0 aromatic rings. The number of cyclic esters (lactones) is 2. The van der Waals surface area contributed by atoms with E-state index >= 15 is 0 Å². The highest BCUT2D eigenvalue weighted by molar-refractivity contribution is 5.94. The number of aliphatic hydroxyl groups is 4. The lowest BCUT2D eigenvalue weighted by Crippen LogP contribution is -2.78. The van der Waals surface area contributed by atoms with Gasteiger partial charge in [-0.3, -0.25) is 19.2 Å². The van der Waals surface area contributed by atoms with Crippen LogP contribution in [0.5, 0.6) is 0 Å². The van der Waals surface area contributed by atoms with Crippen molar-refractivity contribution in [3.05, 3.63) is 0 Å². The number of hydrogen-bond donors (Lipinski definition) is 4. The molecule has 4 saturated heterocycles. The highest BCUT2D eigenvalue weighted by Gasteiger charge is 2.83. The van der Waals surface area contributed by atoms with Crippen molar-refractivity contribution >= 4 is 35.8 Å². The van der Waals surface area contributed by atoms with Gasteiger partial charge in [-0.15, -0.1) is 0 Å². The third kappa shape index (κ3) is 3.13. The lowest BCUT2D eigenvalue weighted by atomic mass is 9.91. The van der Waals surface area contributed by atoms with Crippen LogP contribution in [0.15, 0.2) is 0 Å². The number of ether oxygens (including phenoxy) is 6. The standard InChI is InChI=1S/C18H18O16/c1-2-7-16(30-9(20)4-14(25,12(23)33-16)3-8(19)29-7)17(27)18(28)32-11(22)6-15(26,13(24)34-18)5-10(21)31-17/h7,25-28H,2-6H2,1H3. The summed E-state index contributed by atoms with van der Waals surface area (Å²) < 4.78 is 29.0. The topological polar surface area (TPSA) is 239 Å². The second kappa shape index (κ2) is 7.08. The third-order valence-electron chi connectivity index (χ3n) is 5.73. The molecule has 4 aliphatic rings. The van der Waals surface area contributed by atoms with Gasteiger partial charge in [0.1, 0.15) is 0 Å². The van der Waals surface area contributed by atoms with Crippen LogP contribution in [0, 0.1) is 0 Å². The van der Waals surface area contributed by atoms with Gasteiger partial charge in [0, 0.05) is 0 Å². The number of carbonyl (C=O) groups is 6. The zero-order valence-electron chi connectivity index (χ0n) is 17.3. The molecule has 4 rings (SSSR count). The summed E-state index contributed by atoms with van der Waals surface area (Å²) >= 11 is 0. The first-order chi connectivity index (χ1) is 15.6. The maximum Gasteiger partial charge on any atom is 0.452 e. The molecule has 0 amide bonds. The predicted octanol–water partition coefficient (Wildman–Crippen LogP) is -3.87. The normalized spacial score (nSPS) is 44.6. The molecule has 16 heteroatoms. The van der Waals surface area contributed by atoms with Crippen molar-refractivity contribution in [2.24, 2.45) is 0 Å². The Morgan fingerprint density at radius 1 is 0.676 bits per heavy atom. The average molecular weight is 490 g/mol. The van der Waals surface area contributed by atoms with Gasteiger partial charge in [0.2, 0.25) is 0 Å². The molecule has 34 heavy (non-hydrogen) atoms. The van der Waals surface area contributed by atoms with Gasteiger partial charge in [0.15, 0.2) is 17.3 Å². The van der Waals surface area contributed by atoms with E-state index in [1.54, 1.807) is 0 Å². The molecule has 6 unspecified atom stereocenters. The summed E-state index contributed by atoms with van der Waals surface area (Å²) in [4.78, 5) is 75.1. The fraction of sp³-hybridized carbons (Fsp3) is 0.667. The van der Waals surface area contributed by atoms with E-state index in [4.69, 9.17) is 18.9 Å². The van der Waals surface area contributed by atoms with Crippen molar-refractivity contribution in [1.82, 2.24) is 0 Å². The Morgan fingerprint density at radius 3 is 1.71 bits per heavy atom. The minimum absolute atomic E-state index is 0.480. The molecule has 4 N–H and O–H groups in total. The molecule has 4 aliphatic heterocycles. The highest BCUT2D eigenvalue weighted by Crippen LogP contribution is 2.50. The van der Waals surface area contributed by atoms with Crippen LogP contribution in [0.25, 0.3) is 0 Å². The maximum atomic E-state index is 12.8. The monoisotopic (exact) mass is 490 g/mol. The first kappa shape index (κ1) is 23.8. The number of rotatable bonds is 2. The Balaban J connectivity index is 2.00. The lowest BCUT2D eigenvalue weighted by Gasteiger charge is -2.50. The summed E-state index contributed by atoms with van der Waals surface area (Å²) in [6.07, 6.45) is -7.42. The van der Waals surface area contributed by atoms with Crippen molar-refractivity contribution < 1.29 is 77.6 Å². The first-order valence-electron chi connectivity index (χ1n) is 9.83. The van der Waals surface area contributed by atoms with Crippen LogP contribution in [-0.4, -0.2) is 91.1 Å². The summed E-state index contributed by atoms with van der Waals surface area (Å²) in [6, 6.07) is 0. The smallest absolute Gasteiger partial charge is 0.452 e. The third-order valence-corrected chi connectivity index (χ3v) is 5.73. The van der Waals surface area contributed by atoms with E-state index in [0.29, 0.717) is 0 Å². The number of hydrogen-bond acceptors (Lipinski definition) is 16. The second-order valence-corrected chi connectivity index (χ2v) is 8.25. The SMILES string of the molecule is CCC1OC(=O)CC2(O)CC(=O)OC1(C1(O)OC(=O)CC3(O)CC(=O)OC1(O)OC3=O)OC2=O. The zero-order valence-corrected chi connectivity index (χ0v) is 17.3. The maximum absolute atomic E-state index is 12.8. The average Bonchev–Trinajstić information content (AvgIpc) is 2.79. The highest BCUT2D eigenvalue weighted by atomic mass is 16.9. The molecule has 4 heterocycles. The Morgan fingerprint density at radius 2 is 1.15 bits per heavy atom. The molecule has 4 bridgehead atoms. The van der Waals surface area contributed by atoms with E-state index in [9.17, 15) is 49.2 Å². The van der Waals surface area contributed by atoms with Gasteiger partial charge >= 0.3 is 53.4 Å². The molecule has 6 atom stereocenters. The Kier molecular flexibility index (Phi) is 4.96. The molecule has 0 saturated carbocycles. The Bertz CT molecular complexity index is 1020. The molecule has 0 spiro atoms. The number of esters is 6. The Labute approximate surface area is 188 Å². The van der Waals surface area contributed by atoms with Gasteiger partial charge in [-0.05, 0) is 6.42 Å².